The lowest BCUT2D eigenvalue weighted by Crippen LogP contribution is -2.10. The monoisotopic (exact) mass is 433 g/mol. The maximum Gasteiger partial charge on any atom is 0.146 e. The molecule has 0 saturated carbocycles. The van der Waals surface area contributed by atoms with Crippen molar-refractivity contribution in [1.29, 1.82) is 0 Å². The van der Waals surface area contributed by atoms with Crippen molar-refractivity contribution >= 4 is 24.3 Å². The molecule has 0 radical (unpaired) electrons. The molecule has 0 fully saturated rings. The standard InChI is InChI=1S/C26H27N3O.ClH/c1-26(2,3)20-11-13-21(14-12-20)28-17-24-25(30-18-19-8-5-4-6-9-19)16-23(29-24)22-10-7-15-27-22;/h4-17,27,29H,18H2,1-3H3;1H. The molecule has 2 heterocycles. The van der Waals surface area contributed by atoms with Crippen molar-refractivity contribution in [3.05, 3.63) is 95.8 Å². The van der Waals surface area contributed by atoms with Crippen LogP contribution in [0.3, 0.4) is 0 Å². The van der Waals surface area contributed by atoms with Crippen LogP contribution in [-0.2, 0) is 12.0 Å². The molecular formula is C26H28ClN3O. The van der Waals surface area contributed by atoms with Gasteiger partial charge in [0.05, 0.1) is 29.0 Å². The van der Waals surface area contributed by atoms with Gasteiger partial charge in [0.2, 0.25) is 0 Å². The Bertz CT molecular complexity index is 1110. The average Bonchev–Trinajstić information content (AvgIpc) is 3.41. The minimum Gasteiger partial charge on any atom is -0.487 e. The third-order valence-electron chi connectivity index (χ3n) is 5.01. The van der Waals surface area contributed by atoms with E-state index in [4.69, 9.17) is 4.74 Å². The van der Waals surface area contributed by atoms with Crippen molar-refractivity contribution in [2.45, 2.75) is 32.8 Å². The molecule has 0 unspecified atom stereocenters. The van der Waals surface area contributed by atoms with Gasteiger partial charge in [-0.1, -0.05) is 63.2 Å². The maximum absolute atomic E-state index is 6.12. The molecule has 0 amide bonds. The predicted octanol–water partition coefficient (Wildman–Crippen LogP) is 7.06. The summed E-state index contributed by atoms with van der Waals surface area (Å²) in [4.78, 5) is 11.3. The second kappa shape index (κ2) is 9.71. The summed E-state index contributed by atoms with van der Waals surface area (Å²) < 4.78 is 6.12. The first kappa shape index (κ1) is 22.4. The van der Waals surface area contributed by atoms with E-state index in [9.17, 15) is 0 Å². The third-order valence-corrected chi connectivity index (χ3v) is 5.01. The smallest absolute Gasteiger partial charge is 0.146 e. The summed E-state index contributed by atoms with van der Waals surface area (Å²) in [5.41, 5.74) is 6.28. The summed E-state index contributed by atoms with van der Waals surface area (Å²) in [7, 11) is 0. The predicted molar refractivity (Wildman–Crippen MR) is 131 cm³/mol. The highest BCUT2D eigenvalue weighted by atomic mass is 35.5. The van der Waals surface area contributed by atoms with E-state index < -0.39 is 0 Å². The van der Waals surface area contributed by atoms with E-state index in [0.717, 1.165) is 34.1 Å². The normalized spacial score (nSPS) is 11.5. The fourth-order valence-electron chi connectivity index (χ4n) is 3.23. The van der Waals surface area contributed by atoms with Gasteiger partial charge in [0.25, 0.3) is 0 Å². The van der Waals surface area contributed by atoms with Crippen LogP contribution in [0.15, 0.2) is 84.0 Å². The van der Waals surface area contributed by atoms with E-state index in [0.29, 0.717) is 6.61 Å². The molecule has 0 aliphatic carbocycles. The number of aliphatic imine (C=N–C) groups is 1. The number of aromatic amines is 2. The van der Waals surface area contributed by atoms with Crippen LogP contribution in [-0.4, -0.2) is 16.2 Å². The Morgan fingerprint density at radius 2 is 1.65 bits per heavy atom. The lowest BCUT2D eigenvalue weighted by Gasteiger charge is -2.18. The quantitative estimate of drug-likeness (QED) is 0.314. The van der Waals surface area contributed by atoms with E-state index in [-0.39, 0.29) is 17.8 Å². The van der Waals surface area contributed by atoms with E-state index in [1.165, 1.54) is 5.56 Å². The van der Waals surface area contributed by atoms with Gasteiger partial charge >= 0.3 is 0 Å². The van der Waals surface area contributed by atoms with Crippen molar-refractivity contribution in [2.75, 3.05) is 0 Å². The van der Waals surface area contributed by atoms with Crippen LogP contribution in [0.4, 0.5) is 5.69 Å². The highest BCUT2D eigenvalue weighted by Crippen LogP contribution is 2.28. The van der Waals surface area contributed by atoms with E-state index >= 15 is 0 Å². The summed E-state index contributed by atoms with van der Waals surface area (Å²) in [5, 5.41) is 0. The average molecular weight is 434 g/mol. The maximum atomic E-state index is 6.12. The topological polar surface area (TPSA) is 53.2 Å². The zero-order valence-electron chi connectivity index (χ0n) is 18.1. The van der Waals surface area contributed by atoms with Crippen LogP contribution in [0, 0.1) is 0 Å². The first-order valence-corrected chi connectivity index (χ1v) is 10.2. The third kappa shape index (κ3) is 5.68. The Morgan fingerprint density at radius 3 is 2.29 bits per heavy atom. The Morgan fingerprint density at radius 1 is 0.903 bits per heavy atom. The van der Waals surface area contributed by atoms with Gasteiger partial charge in [0.15, 0.2) is 0 Å². The van der Waals surface area contributed by atoms with Crippen LogP contribution in [0.1, 0.15) is 37.6 Å². The lowest BCUT2D eigenvalue weighted by molar-refractivity contribution is 0.306. The number of aromatic nitrogens is 2. The molecule has 160 valence electrons. The number of hydrogen-bond acceptors (Lipinski definition) is 2. The molecule has 5 heteroatoms. The fourth-order valence-corrected chi connectivity index (χ4v) is 3.23. The molecule has 4 aromatic rings. The van der Waals surface area contributed by atoms with Gasteiger partial charge in [0.1, 0.15) is 12.4 Å². The van der Waals surface area contributed by atoms with Crippen LogP contribution < -0.4 is 4.74 Å². The molecule has 2 aromatic heterocycles. The van der Waals surface area contributed by atoms with Crippen molar-refractivity contribution in [2.24, 2.45) is 4.99 Å². The zero-order valence-corrected chi connectivity index (χ0v) is 18.9. The zero-order chi connectivity index (χ0) is 21.0. The molecule has 31 heavy (non-hydrogen) atoms. The Hall–Kier alpha value is -3.24. The van der Waals surface area contributed by atoms with Gasteiger partial charge in [-0.05, 0) is 40.8 Å². The number of nitrogens with zero attached hydrogens (tertiary/aromatic N) is 1. The van der Waals surface area contributed by atoms with Crippen LogP contribution >= 0.6 is 12.4 Å². The second-order valence-electron chi connectivity index (χ2n) is 8.37. The molecule has 4 nitrogen and oxygen atoms in total. The van der Waals surface area contributed by atoms with Gasteiger partial charge in [-0.15, -0.1) is 12.4 Å². The Kier molecular flexibility index (Phi) is 7.03. The molecule has 0 aliphatic heterocycles. The number of rotatable bonds is 6. The summed E-state index contributed by atoms with van der Waals surface area (Å²) >= 11 is 0. The minimum absolute atomic E-state index is 0. The van der Waals surface area contributed by atoms with Gasteiger partial charge < -0.3 is 14.7 Å². The number of halogens is 1. The van der Waals surface area contributed by atoms with E-state index in [1.807, 2.05) is 48.8 Å². The first-order valence-electron chi connectivity index (χ1n) is 10.2. The molecule has 0 aliphatic rings. The first-order chi connectivity index (χ1) is 14.5. The van der Waals surface area contributed by atoms with Crippen LogP contribution in [0.5, 0.6) is 5.75 Å². The van der Waals surface area contributed by atoms with Crippen LogP contribution in [0.2, 0.25) is 0 Å². The van der Waals surface area contributed by atoms with Crippen molar-refractivity contribution in [3.8, 4) is 17.1 Å². The second-order valence-corrected chi connectivity index (χ2v) is 8.37. The summed E-state index contributed by atoms with van der Waals surface area (Å²) in [6, 6.07) is 24.6. The molecule has 2 N–H and O–H groups in total. The van der Waals surface area contributed by atoms with E-state index in [1.54, 1.807) is 0 Å². The summed E-state index contributed by atoms with van der Waals surface area (Å²) in [6.45, 7) is 7.14. The highest BCUT2D eigenvalue weighted by Gasteiger charge is 2.13. The summed E-state index contributed by atoms with van der Waals surface area (Å²) in [6.07, 6.45) is 3.74. The molecule has 2 aromatic carbocycles. The van der Waals surface area contributed by atoms with Gasteiger partial charge in [-0.3, -0.25) is 4.99 Å². The largest absolute Gasteiger partial charge is 0.487 e. The molecular weight excluding hydrogens is 406 g/mol. The molecule has 4 rings (SSSR count). The van der Waals surface area contributed by atoms with E-state index in [2.05, 4.69) is 72.1 Å². The highest BCUT2D eigenvalue weighted by molar-refractivity contribution is 5.86. The number of ether oxygens (including phenoxy) is 1. The fraction of sp³-hybridized carbons (Fsp3) is 0.192. The number of H-pyrrole nitrogens is 2. The van der Waals surface area contributed by atoms with Crippen molar-refractivity contribution in [1.82, 2.24) is 9.97 Å². The molecule has 0 atom stereocenters. The van der Waals surface area contributed by atoms with Gasteiger partial charge in [0, 0.05) is 12.3 Å². The number of benzene rings is 2. The molecule has 0 saturated heterocycles. The minimum atomic E-state index is 0. The van der Waals surface area contributed by atoms with Crippen molar-refractivity contribution in [3.63, 3.8) is 0 Å². The van der Waals surface area contributed by atoms with Crippen LogP contribution in [0.25, 0.3) is 11.4 Å². The number of nitrogens with one attached hydrogen (secondary N) is 2. The van der Waals surface area contributed by atoms with Gasteiger partial charge in [-0.2, -0.15) is 0 Å². The van der Waals surface area contributed by atoms with Crippen molar-refractivity contribution < 1.29 is 4.74 Å². The Labute approximate surface area is 189 Å². The molecule has 0 spiro atoms. The molecule has 0 bridgehead atoms. The Balaban J connectivity index is 0.00000272. The lowest BCUT2D eigenvalue weighted by atomic mass is 9.87. The SMILES string of the molecule is CC(C)(C)c1ccc(N=Cc2[nH]c(-c3ccc[nH]3)cc2OCc2ccccc2)cc1.Cl. The number of hydrogen-bond donors (Lipinski definition) is 2. The van der Waals surface area contributed by atoms with Gasteiger partial charge in [-0.25, -0.2) is 0 Å². The summed E-state index contributed by atoms with van der Waals surface area (Å²) in [5.74, 6) is 0.776.